The van der Waals surface area contributed by atoms with Gasteiger partial charge in [-0.1, -0.05) is 55.1 Å². The Balaban J connectivity index is 0.000000209. The van der Waals surface area contributed by atoms with Gasteiger partial charge in [0.05, 0.1) is 28.0 Å². The first-order chi connectivity index (χ1) is 32.9. The summed E-state index contributed by atoms with van der Waals surface area (Å²) in [6.07, 6.45) is 11.4. The van der Waals surface area contributed by atoms with Crippen molar-refractivity contribution in [1.82, 2.24) is 24.5 Å². The molecule has 6 nitrogen and oxygen atoms in total. The summed E-state index contributed by atoms with van der Waals surface area (Å²) in [7, 11) is 0. The van der Waals surface area contributed by atoms with Gasteiger partial charge in [-0.3, -0.25) is 9.97 Å². The van der Waals surface area contributed by atoms with E-state index in [9.17, 15) is 0 Å². The topological polar surface area (TPSA) is 69.6 Å². The van der Waals surface area contributed by atoms with E-state index >= 15 is 0 Å². The van der Waals surface area contributed by atoms with Crippen LogP contribution in [0.1, 0.15) is 74.0 Å². The Morgan fingerprint density at radius 3 is 2.17 bits per heavy atom. The second-order valence-corrected chi connectivity index (χ2v) is 31.0. The number of aryl methyl sites for hydroxylation is 3. The second-order valence-electron chi connectivity index (χ2n) is 20.5. The maximum atomic E-state index is 6.58. The maximum absolute atomic E-state index is 6.58. The minimum atomic E-state index is -1.89. The molecule has 0 bridgehead atoms. The first-order valence-electron chi connectivity index (χ1n) is 24.5. The van der Waals surface area contributed by atoms with Gasteiger partial charge in [0.2, 0.25) is 5.71 Å². The average molecular weight is 1150 g/mol. The van der Waals surface area contributed by atoms with Crippen molar-refractivity contribution >= 4 is 61.7 Å². The monoisotopic (exact) mass is 1150 g/mol. The van der Waals surface area contributed by atoms with Crippen LogP contribution < -0.4 is 4.40 Å². The van der Waals surface area contributed by atoms with E-state index in [4.69, 9.17) is 24.4 Å². The number of nitrogens with zero attached hydrogens (tertiary/aromatic N) is 5. The van der Waals surface area contributed by atoms with Gasteiger partial charge >= 0.3 is 144 Å². The first-order valence-corrected chi connectivity index (χ1v) is 31.9. The summed E-state index contributed by atoms with van der Waals surface area (Å²) in [4.78, 5) is 19.9. The number of pyridine rings is 3. The smallest absolute Gasteiger partial charge is 0 e. The average Bonchev–Trinajstić information content (AvgIpc) is 3.90. The third-order valence-corrected chi connectivity index (χ3v) is 18.0. The third kappa shape index (κ3) is 10.0. The van der Waals surface area contributed by atoms with Crippen LogP contribution >= 0.6 is 0 Å². The minimum Gasteiger partial charge on any atom is 0 e. The van der Waals surface area contributed by atoms with E-state index < -0.39 is 13.3 Å². The van der Waals surface area contributed by atoms with Gasteiger partial charge in [0.25, 0.3) is 0 Å². The van der Waals surface area contributed by atoms with Gasteiger partial charge in [-0.15, -0.1) is 18.2 Å². The second kappa shape index (κ2) is 20.3. The molecule has 8 heteroatoms. The molecule has 0 aliphatic heterocycles. The molecule has 11 rings (SSSR count). The number of aromatic nitrogens is 5. The molecule has 351 valence electrons. The molecule has 1 fully saturated rings. The van der Waals surface area contributed by atoms with Crippen LogP contribution in [0.15, 0.2) is 132 Å². The first kappa shape index (κ1) is 48.3. The molecule has 69 heavy (non-hydrogen) atoms. The minimum absolute atomic E-state index is 0. The van der Waals surface area contributed by atoms with Gasteiger partial charge in [-0.2, -0.15) is 0 Å². The zero-order valence-electron chi connectivity index (χ0n) is 41.2. The number of furan rings is 1. The van der Waals surface area contributed by atoms with Crippen LogP contribution in [0.4, 0.5) is 0 Å². The van der Waals surface area contributed by atoms with E-state index in [0.29, 0.717) is 11.6 Å². The molecule has 0 atom stereocenters. The van der Waals surface area contributed by atoms with E-state index in [1.807, 2.05) is 25.1 Å². The maximum Gasteiger partial charge on any atom is 0 e. The van der Waals surface area contributed by atoms with Crippen LogP contribution in [0, 0.1) is 44.7 Å². The summed E-state index contributed by atoms with van der Waals surface area (Å²) in [5.41, 5.74) is 16.7. The van der Waals surface area contributed by atoms with Crippen molar-refractivity contribution in [2.45, 2.75) is 96.8 Å². The Morgan fingerprint density at radius 1 is 0.710 bits per heavy atom. The normalized spacial score (nSPS) is 13.3. The third-order valence-electron chi connectivity index (χ3n) is 13.7. The fraction of sp³-hybridized carbons (Fsp3) is 0.279. The molecule has 5 aromatic heterocycles. The van der Waals surface area contributed by atoms with Crippen molar-refractivity contribution in [2.24, 2.45) is 11.8 Å². The number of rotatable bonds is 9. The Labute approximate surface area is 423 Å². The van der Waals surface area contributed by atoms with Crippen molar-refractivity contribution in [3.8, 4) is 39.5 Å². The van der Waals surface area contributed by atoms with Crippen LogP contribution in [0.3, 0.4) is 0 Å². The summed E-state index contributed by atoms with van der Waals surface area (Å²) >= 11 is -1.89. The van der Waals surface area contributed by atoms with Crippen molar-refractivity contribution in [3.63, 3.8) is 0 Å². The number of hydrogen-bond donors (Lipinski definition) is 0. The molecule has 0 saturated heterocycles. The Bertz CT molecular complexity index is 3410. The Kier molecular flexibility index (Phi) is 14.2. The van der Waals surface area contributed by atoms with E-state index in [-0.39, 0.29) is 20.1 Å². The van der Waals surface area contributed by atoms with Crippen LogP contribution in [0.25, 0.3) is 83.5 Å². The van der Waals surface area contributed by atoms with E-state index in [2.05, 4.69) is 171 Å². The fourth-order valence-electron chi connectivity index (χ4n) is 10.5. The zero-order chi connectivity index (χ0) is 47.1. The number of benzene rings is 5. The molecular formula is C61H61GeIrN5O-2. The van der Waals surface area contributed by atoms with Crippen molar-refractivity contribution in [2.75, 3.05) is 0 Å². The SMILES string of the molecule is Cc1ccc2c(ccc3nc(-c4[c-]ccc5c4oc4nc(CC(C)C)ccc45)n(-c4c(C)cc(-c5ccccc5)cc4C)c32)n1.[CH3][Ge]([CH3])([CH3])[c]1cnc(-c2[c-]cccc2)cc1CC1CCCCC1.[Ir]. The zero-order valence-corrected chi connectivity index (χ0v) is 45.7. The molecule has 5 heterocycles. The Hall–Kier alpha value is -5.73. The number of imidazole rings is 1. The predicted molar refractivity (Wildman–Crippen MR) is 286 cm³/mol. The molecule has 0 N–H and O–H groups in total. The quantitative estimate of drug-likeness (QED) is 0.106. The summed E-state index contributed by atoms with van der Waals surface area (Å²) in [5, 5.41) is 3.07. The Morgan fingerprint density at radius 2 is 1.45 bits per heavy atom. The van der Waals surface area contributed by atoms with Crippen molar-refractivity contribution in [3.05, 3.63) is 168 Å². The summed E-state index contributed by atoms with van der Waals surface area (Å²) < 4.78 is 10.5. The fourth-order valence-corrected chi connectivity index (χ4v) is 13.8. The van der Waals surface area contributed by atoms with Gasteiger partial charge in [0.15, 0.2) is 0 Å². The number of hydrogen-bond acceptors (Lipinski definition) is 5. The molecule has 5 aromatic carbocycles. The molecule has 0 spiro atoms. The van der Waals surface area contributed by atoms with Crippen LogP contribution in [0.2, 0.25) is 17.3 Å². The van der Waals surface area contributed by atoms with Gasteiger partial charge in [-0.05, 0) is 104 Å². The standard InChI is InChI=1S/C40H33N4O.C21H28GeN.Ir/c1-23(2)20-29-15-17-31-30-12-9-13-33(38(30)45-40(31)42-29)39-43-35-19-18-34-32(16-14-26(5)41-34)37(35)44(39)36-24(3)21-28(22-25(36)4)27-10-7-6-8-11-27;1-22(2,3)20-16-23-21(18-12-8-5-9-13-18)15-19(20)14-17-10-6-4-7-11-17;/h6-12,14-19,21-23H,20H2,1-5H3;5,8-9,12,15-17H,4,6-7,10-11,14H2,1-3H3;/q2*-1;. The van der Waals surface area contributed by atoms with Gasteiger partial charge in [0.1, 0.15) is 0 Å². The summed E-state index contributed by atoms with van der Waals surface area (Å²) in [5.74, 6) is 9.61. The largest absolute Gasteiger partial charge is 0 e. The molecule has 1 aliphatic carbocycles. The molecule has 10 aromatic rings. The molecule has 0 amide bonds. The van der Waals surface area contributed by atoms with Gasteiger partial charge in [0, 0.05) is 48.0 Å². The van der Waals surface area contributed by atoms with Crippen molar-refractivity contribution in [1.29, 1.82) is 0 Å². The van der Waals surface area contributed by atoms with Gasteiger partial charge in [-0.25, -0.2) is 4.98 Å². The molecule has 1 saturated carbocycles. The summed E-state index contributed by atoms with van der Waals surface area (Å²) in [6, 6.07) is 49.1. The van der Waals surface area contributed by atoms with Crippen LogP contribution in [-0.2, 0) is 32.9 Å². The molecule has 1 aliphatic rings. The van der Waals surface area contributed by atoms with E-state index in [0.717, 1.165) is 101 Å². The van der Waals surface area contributed by atoms with Crippen LogP contribution in [-0.4, -0.2) is 37.8 Å². The molecule has 1 radical (unpaired) electrons. The van der Waals surface area contributed by atoms with Gasteiger partial charge < -0.3 is 8.98 Å². The van der Waals surface area contributed by atoms with Crippen LogP contribution in [0.5, 0.6) is 0 Å². The van der Waals surface area contributed by atoms with E-state index in [1.54, 1.807) is 9.96 Å². The summed E-state index contributed by atoms with van der Waals surface area (Å²) in [6.45, 7) is 10.8. The molecule has 0 unspecified atom stereocenters. The predicted octanol–water partition coefficient (Wildman–Crippen LogP) is 15.3. The molecular weight excluding hydrogens is 1080 g/mol. The van der Waals surface area contributed by atoms with Crippen molar-refractivity contribution < 1.29 is 24.5 Å². The number of fused-ring (bicyclic) bond motifs is 6. The van der Waals surface area contributed by atoms with E-state index in [1.165, 1.54) is 49.7 Å².